The Hall–Kier alpha value is -1.10. The lowest BCUT2D eigenvalue weighted by Gasteiger charge is -2.35. The number of nitrogens with two attached hydrogens (primary N) is 2. The maximum atomic E-state index is 12.3. The Balaban J connectivity index is 2.69. The molecule has 0 bridgehead atoms. The van der Waals surface area contributed by atoms with Gasteiger partial charge in [-0.15, -0.1) is 0 Å². The summed E-state index contributed by atoms with van der Waals surface area (Å²) in [5.74, 6) is -0.321. The lowest BCUT2D eigenvalue weighted by Crippen LogP contribution is -2.47. The van der Waals surface area contributed by atoms with Gasteiger partial charge in [0, 0.05) is 18.5 Å². The Labute approximate surface area is 103 Å². The van der Waals surface area contributed by atoms with Crippen molar-refractivity contribution >= 4 is 11.8 Å². The summed E-state index contributed by atoms with van der Waals surface area (Å²) in [7, 11) is 0. The van der Waals surface area contributed by atoms with Gasteiger partial charge in [-0.1, -0.05) is 13.3 Å². The van der Waals surface area contributed by atoms with Gasteiger partial charge < -0.3 is 16.4 Å². The maximum Gasteiger partial charge on any atom is 0.237 e. The second kappa shape index (κ2) is 6.00. The van der Waals surface area contributed by atoms with Gasteiger partial charge in [0.2, 0.25) is 11.8 Å². The SMILES string of the molecule is CCN(CC(N)=O)C(=O)C1CCCC(N)C1C. The molecule has 3 atom stereocenters. The van der Waals surface area contributed by atoms with Crippen LogP contribution in [0.4, 0.5) is 0 Å². The molecule has 17 heavy (non-hydrogen) atoms. The monoisotopic (exact) mass is 241 g/mol. The summed E-state index contributed by atoms with van der Waals surface area (Å²) in [5, 5.41) is 0. The van der Waals surface area contributed by atoms with Crippen LogP contribution >= 0.6 is 0 Å². The highest BCUT2D eigenvalue weighted by Gasteiger charge is 2.34. The molecule has 0 radical (unpaired) electrons. The highest BCUT2D eigenvalue weighted by molar-refractivity contribution is 5.85. The van der Waals surface area contributed by atoms with Crippen molar-refractivity contribution in [1.29, 1.82) is 0 Å². The quantitative estimate of drug-likeness (QED) is 0.730. The average Bonchev–Trinajstić information content (AvgIpc) is 2.28. The zero-order valence-electron chi connectivity index (χ0n) is 10.7. The molecule has 1 aliphatic carbocycles. The van der Waals surface area contributed by atoms with Crippen LogP contribution in [0.5, 0.6) is 0 Å². The Morgan fingerprint density at radius 3 is 2.53 bits per heavy atom. The molecule has 0 heterocycles. The van der Waals surface area contributed by atoms with Gasteiger partial charge in [-0.25, -0.2) is 0 Å². The predicted octanol–water partition coefficient (Wildman–Crippen LogP) is 0.0837. The number of rotatable bonds is 4. The molecule has 1 saturated carbocycles. The molecular formula is C12H23N3O2. The van der Waals surface area contributed by atoms with E-state index in [1.165, 1.54) is 4.90 Å². The van der Waals surface area contributed by atoms with Crippen LogP contribution in [0.1, 0.15) is 33.1 Å². The minimum Gasteiger partial charge on any atom is -0.368 e. The Morgan fingerprint density at radius 1 is 1.35 bits per heavy atom. The fraction of sp³-hybridized carbons (Fsp3) is 0.833. The number of hydrogen-bond acceptors (Lipinski definition) is 3. The predicted molar refractivity (Wildman–Crippen MR) is 65.9 cm³/mol. The van der Waals surface area contributed by atoms with Gasteiger partial charge in [-0.3, -0.25) is 9.59 Å². The molecule has 2 amide bonds. The molecule has 0 spiro atoms. The fourth-order valence-corrected chi connectivity index (χ4v) is 2.51. The van der Waals surface area contributed by atoms with Gasteiger partial charge in [-0.05, 0) is 25.7 Å². The van der Waals surface area contributed by atoms with Crippen molar-refractivity contribution in [2.75, 3.05) is 13.1 Å². The summed E-state index contributed by atoms with van der Waals surface area (Å²) >= 11 is 0. The van der Waals surface area contributed by atoms with E-state index in [0.29, 0.717) is 6.54 Å². The van der Waals surface area contributed by atoms with E-state index in [-0.39, 0.29) is 30.3 Å². The molecule has 0 aliphatic heterocycles. The van der Waals surface area contributed by atoms with Crippen LogP contribution in [0.15, 0.2) is 0 Å². The Kier molecular flexibility index (Phi) is 4.93. The topological polar surface area (TPSA) is 89.4 Å². The lowest BCUT2D eigenvalue weighted by molar-refractivity contribution is -0.141. The van der Waals surface area contributed by atoms with Crippen LogP contribution in [0.3, 0.4) is 0 Å². The first-order chi connectivity index (χ1) is 7.97. The first kappa shape index (κ1) is 14.0. The van der Waals surface area contributed by atoms with E-state index in [0.717, 1.165) is 19.3 Å². The van der Waals surface area contributed by atoms with Gasteiger partial charge in [0.1, 0.15) is 0 Å². The van der Waals surface area contributed by atoms with Crippen LogP contribution in [0.25, 0.3) is 0 Å². The van der Waals surface area contributed by atoms with Crippen LogP contribution in [0, 0.1) is 11.8 Å². The molecule has 4 N–H and O–H groups in total. The van der Waals surface area contributed by atoms with Crippen molar-refractivity contribution in [2.24, 2.45) is 23.3 Å². The van der Waals surface area contributed by atoms with E-state index in [1.807, 2.05) is 13.8 Å². The van der Waals surface area contributed by atoms with E-state index in [2.05, 4.69) is 0 Å². The first-order valence-corrected chi connectivity index (χ1v) is 6.30. The van der Waals surface area contributed by atoms with Crippen molar-refractivity contribution in [3.8, 4) is 0 Å². The largest absolute Gasteiger partial charge is 0.368 e. The average molecular weight is 241 g/mol. The van der Waals surface area contributed by atoms with E-state index in [1.54, 1.807) is 0 Å². The normalized spacial score (nSPS) is 28.8. The molecule has 0 aromatic rings. The second-order valence-electron chi connectivity index (χ2n) is 4.88. The molecule has 98 valence electrons. The minimum atomic E-state index is -0.465. The van der Waals surface area contributed by atoms with Crippen LogP contribution in [0.2, 0.25) is 0 Å². The van der Waals surface area contributed by atoms with Crippen LogP contribution in [-0.4, -0.2) is 35.8 Å². The minimum absolute atomic E-state index is 0.00773. The Morgan fingerprint density at radius 2 is 2.00 bits per heavy atom. The van der Waals surface area contributed by atoms with Gasteiger partial charge in [0.15, 0.2) is 0 Å². The molecule has 1 fully saturated rings. The summed E-state index contributed by atoms with van der Waals surface area (Å²) in [4.78, 5) is 24.7. The maximum absolute atomic E-state index is 12.3. The molecule has 0 aromatic carbocycles. The van der Waals surface area contributed by atoms with E-state index < -0.39 is 5.91 Å². The van der Waals surface area contributed by atoms with Crippen molar-refractivity contribution in [1.82, 2.24) is 4.90 Å². The molecular weight excluding hydrogens is 218 g/mol. The first-order valence-electron chi connectivity index (χ1n) is 6.30. The second-order valence-corrected chi connectivity index (χ2v) is 4.88. The zero-order valence-corrected chi connectivity index (χ0v) is 10.7. The molecule has 1 aliphatic rings. The third kappa shape index (κ3) is 3.43. The number of likely N-dealkylation sites (N-methyl/N-ethyl adjacent to an activating group) is 1. The summed E-state index contributed by atoms with van der Waals surface area (Å²) in [6.07, 6.45) is 2.83. The highest BCUT2D eigenvalue weighted by atomic mass is 16.2. The molecule has 3 unspecified atom stereocenters. The number of primary amides is 1. The molecule has 0 aromatic heterocycles. The number of carbonyl (C=O) groups is 2. The lowest BCUT2D eigenvalue weighted by atomic mass is 9.76. The molecule has 5 nitrogen and oxygen atoms in total. The van der Waals surface area contributed by atoms with Crippen LogP contribution < -0.4 is 11.5 Å². The number of hydrogen-bond donors (Lipinski definition) is 2. The van der Waals surface area contributed by atoms with Crippen molar-refractivity contribution in [2.45, 2.75) is 39.2 Å². The van der Waals surface area contributed by atoms with E-state index >= 15 is 0 Å². The zero-order chi connectivity index (χ0) is 13.0. The van der Waals surface area contributed by atoms with Crippen molar-refractivity contribution in [3.63, 3.8) is 0 Å². The third-order valence-corrected chi connectivity index (χ3v) is 3.72. The third-order valence-electron chi connectivity index (χ3n) is 3.72. The molecule has 5 heteroatoms. The van der Waals surface area contributed by atoms with E-state index in [9.17, 15) is 9.59 Å². The summed E-state index contributed by atoms with van der Waals surface area (Å²) in [6, 6.07) is 0.0879. The van der Waals surface area contributed by atoms with Gasteiger partial charge in [0.05, 0.1) is 6.54 Å². The standard InChI is InChI=1S/C12H23N3O2/c1-3-15(7-11(14)16)12(17)9-5-4-6-10(13)8(9)2/h8-10H,3-7,13H2,1-2H3,(H2,14,16). The summed E-state index contributed by atoms with van der Waals surface area (Å²) in [5.41, 5.74) is 11.1. The number of amides is 2. The summed E-state index contributed by atoms with van der Waals surface area (Å²) in [6.45, 7) is 4.40. The van der Waals surface area contributed by atoms with Gasteiger partial charge in [-0.2, -0.15) is 0 Å². The van der Waals surface area contributed by atoms with Crippen LogP contribution in [-0.2, 0) is 9.59 Å². The highest BCUT2D eigenvalue weighted by Crippen LogP contribution is 2.30. The molecule has 0 saturated heterocycles. The van der Waals surface area contributed by atoms with Gasteiger partial charge >= 0.3 is 0 Å². The van der Waals surface area contributed by atoms with Crippen molar-refractivity contribution in [3.05, 3.63) is 0 Å². The van der Waals surface area contributed by atoms with Gasteiger partial charge in [0.25, 0.3) is 0 Å². The Bertz CT molecular complexity index is 293. The molecule has 1 rings (SSSR count). The van der Waals surface area contributed by atoms with E-state index in [4.69, 9.17) is 11.5 Å². The smallest absolute Gasteiger partial charge is 0.237 e. The number of nitrogens with zero attached hydrogens (tertiary/aromatic N) is 1. The number of carbonyl (C=O) groups excluding carboxylic acids is 2. The fourth-order valence-electron chi connectivity index (χ4n) is 2.51. The van der Waals surface area contributed by atoms with Crippen molar-refractivity contribution < 1.29 is 9.59 Å². The summed E-state index contributed by atoms with van der Waals surface area (Å²) < 4.78 is 0.